The Balaban J connectivity index is 2.41. The summed E-state index contributed by atoms with van der Waals surface area (Å²) in [6.07, 6.45) is -2.75. The minimum Gasteiger partial charge on any atom is -0.345 e. The second kappa shape index (κ2) is 4.83. The van der Waals surface area contributed by atoms with Crippen LogP contribution in [0, 0.1) is 0 Å². The molecule has 15 heavy (non-hydrogen) atoms. The van der Waals surface area contributed by atoms with Crippen molar-refractivity contribution in [1.29, 1.82) is 0 Å². The van der Waals surface area contributed by atoms with Crippen molar-refractivity contribution in [3.63, 3.8) is 0 Å². The van der Waals surface area contributed by atoms with Crippen LogP contribution in [0.1, 0.15) is 19.3 Å². The van der Waals surface area contributed by atoms with Crippen LogP contribution in [-0.4, -0.2) is 43.2 Å². The second-order valence-corrected chi connectivity index (χ2v) is 3.90. The molecular formula is C9H15F3N2O. The van der Waals surface area contributed by atoms with E-state index in [9.17, 15) is 18.0 Å². The van der Waals surface area contributed by atoms with E-state index in [-0.39, 0.29) is 6.04 Å². The van der Waals surface area contributed by atoms with Gasteiger partial charge in [0.2, 0.25) is 0 Å². The largest absolute Gasteiger partial charge is 0.471 e. The molecule has 1 saturated heterocycles. The fraction of sp³-hybridized carbons (Fsp3) is 0.889. The van der Waals surface area contributed by atoms with E-state index in [1.165, 1.54) is 0 Å². The van der Waals surface area contributed by atoms with Crippen LogP contribution in [0.25, 0.3) is 0 Å². The van der Waals surface area contributed by atoms with Crippen molar-refractivity contribution in [3.05, 3.63) is 0 Å². The maximum absolute atomic E-state index is 12.0. The van der Waals surface area contributed by atoms with E-state index in [0.717, 1.165) is 19.5 Å². The van der Waals surface area contributed by atoms with Gasteiger partial charge in [-0.2, -0.15) is 13.2 Å². The third-order valence-electron chi connectivity index (χ3n) is 2.54. The van der Waals surface area contributed by atoms with Gasteiger partial charge in [0, 0.05) is 6.04 Å². The average molecular weight is 224 g/mol. The lowest BCUT2D eigenvalue weighted by molar-refractivity contribution is -0.174. The number of amides is 1. The molecule has 0 saturated carbocycles. The molecule has 0 aromatic carbocycles. The number of nitrogens with one attached hydrogen (secondary N) is 1. The quantitative estimate of drug-likeness (QED) is 0.724. The second-order valence-electron chi connectivity index (χ2n) is 3.90. The third-order valence-corrected chi connectivity index (χ3v) is 2.54. The zero-order valence-electron chi connectivity index (χ0n) is 8.60. The molecule has 0 aliphatic carbocycles. The fourth-order valence-electron chi connectivity index (χ4n) is 1.65. The Morgan fingerprint density at radius 2 is 2.00 bits per heavy atom. The molecule has 0 bridgehead atoms. The zero-order valence-corrected chi connectivity index (χ0v) is 8.60. The number of carbonyl (C=O) groups is 1. The summed E-state index contributed by atoms with van der Waals surface area (Å²) in [6, 6.07) is -0.343. The number of likely N-dealkylation sites (tertiary alicyclic amines) is 1. The first-order valence-corrected chi connectivity index (χ1v) is 4.96. The molecule has 1 amide bonds. The minimum absolute atomic E-state index is 0.343. The van der Waals surface area contributed by atoms with Crippen molar-refractivity contribution < 1.29 is 18.0 Å². The number of nitrogens with zero attached hydrogens (tertiary/aromatic N) is 1. The fourth-order valence-corrected chi connectivity index (χ4v) is 1.65. The minimum atomic E-state index is -4.77. The van der Waals surface area contributed by atoms with Gasteiger partial charge < -0.3 is 10.2 Å². The van der Waals surface area contributed by atoms with Crippen LogP contribution in [0.3, 0.4) is 0 Å². The van der Waals surface area contributed by atoms with Crippen LogP contribution in [0.4, 0.5) is 13.2 Å². The summed E-state index contributed by atoms with van der Waals surface area (Å²) in [5.74, 6) is -1.82. The highest BCUT2D eigenvalue weighted by molar-refractivity contribution is 5.81. The molecule has 1 aliphatic rings. The summed E-state index contributed by atoms with van der Waals surface area (Å²) in [7, 11) is 1.92. The Kier molecular flexibility index (Phi) is 3.96. The van der Waals surface area contributed by atoms with E-state index < -0.39 is 12.1 Å². The predicted octanol–water partition coefficient (Wildman–Crippen LogP) is 1.15. The maximum Gasteiger partial charge on any atom is 0.471 e. The average Bonchev–Trinajstić information content (AvgIpc) is 2.29. The highest BCUT2D eigenvalue weighted by Crippen LogP contribution is 2.16. The van der Waals surface area contributed by atoms with Gasteiger partial charge in [-0.25, -0.2) is 0 Å². The van der Waals surface area contributed by atoms with Gasteiger partial charge in [0.1, 0.15) is 0 Å². The summed E-state index contributed by atoms with van der Waals surface area (Å²) >= 11 is 0. The summed E-state index contributed by atoms with van der Waals surface area (Å²) in [6.45, 7) is 1.60. The lowest BCUT2D eigenvalue weighted by Crippen LogP contribution is -2.43. The topological polar surface area (TPSA) is 32.3 Å². The zero-order chi connectivity index (χ0) is 11.5. The number of hydrogen-bond acceptors (Lipinski definition) is 2. The Morgan fingerprint density at radius 3 is 2.60 bits per heavy atom. The summed E-state index contributed by atoms with van der Waals surface area (Å²) in [5.41, 5.74) is 0. The lowest BCUT2D eigenvalue weighted by atomic mass is 10.1. The molecule has 0 radical (unpaired) electrons. The first kappa shape index (κ1) is 12.3. The Hall–Kier alpha value is -0.780. The summed E-state index contributed by atoms with van der Waals surface area (Å²) in [5, 5.41) is 2.03. The van der Waals surface area contributed by atoms with Crippen molar-refractivity contribution in [2.24, 2.45) is 0 Å². The van der Waals surface area contributed by atoms with Crippen LogP contribution < -0.4 is 5.32 Å². The van der Waals surface area contributed by atoms with Crippen molar-refractivity contribution in [2.75, 3.05) is 20.1 Å². The van der Waals surface area contributed by atoms with Gasteiger partial charge in [-0.3, -0.25) is 4.79 Å². The molecule has 0 spiro atoms. The standard InChI is InChI=1S/C9H15F3N2O/c1-14-5-2-3-7(4-6-14)13-8(15)9(10,11)12/h7H,2-6H2,1H3,(H,13,15)/t7-/m0/s1. The van der Waals surface area contributed by atoms with Crippen molar-refractivity contribution in [2.45, 2.75) is 31.5 Å². The first-order valence-electron chi connectivity index (χ1n) is 4.96. The van der Waals surface area contributed by atoms with Crippen LogP contribution in [0.5, 0.6) is 0 Å². The monoisotopic (exact) mass is 224 g/mol. The van der Waals surface area contributed by atoms with Crippen LogP contribution >= 0.6 is 0 Å². The highest BCUT2D eigenvalue weighted by atomic mass is 19.4. The third kappa shape index (κ3) is 4.07. The van der Waals surface area contributed by atoms with Gasteiger partial charge in [-0.15, -0.1) is 0 Å². The molecule has 0 aromatic rings. The summed E-state index contributed by atoms with van der Waals surface area (Å²) in [4.78, 5) is 12.7. The molecule has 1 fully saturated rings. The number of carbonyl (C=O) groups excluding carboxylic acids is 1. The van der Waals surface area contributed by atoms with E-state index >= 15 is 0 Å². The van der Waals surface area contributed by atoms with E-state index in [1.807, 2.05) is 12.4 Å². The molecule has 6 heteroatoms. The Bertz CT molecular complexity index is 230. The number of halogens is 3. The first-order chi connectivity index (χ1) is 6.89. The van der Waals surface area contributed by atoms with Gasteiger partial charge in [0.25, 0.3) is 0 Å². The molecule has 1 rings (SSSR count). The van der Waals surface area contributed by atoms with Crippen molar-refractivity contribution >= 4 is 5.91 Å². The maximum atomic E-state index is 12.0. The summed E-state index contributed by atoms with van der Waals surface area (Å²) < 4.78 is 35.9. The van der Waals surface area contributed by atoms with E-state index in [4.69, 9.17) is 0 Å². The van der Waals surface area contributed by atoms with Gasteiger partial charge >= 0.3 is 12.1 Å². The molecule has 0 unspecified atom stereocenters. The smallest absolute Gasteiger partial charge is 0.345 e. The molecule has 1 aliphatic heterocycles. The van der Waals surface area contributed by atoms with Gasteiger partial charge in [-0.05, 0) is 39.4 Å². The highest BCUT2D eigenvalue weighted by Gasteiger charge is 2.39. The number of rotatable bonds is 1. The van der Waals surface area contributed by atoms with Gasteiger partial charge in [0.15, 0.2) is 0 Å². The van der Waals surface area contributed by atoms with Crippen molar-refractivity contribution in [1.82, 2.24) is 10.2 Å². The molecule has 1 heterocycles. The molecule has 88 valence electrons. The lowest BCUT2D eigenvalue weighted by Gasteiger charge is -2.17. The Morgan fingerprint density at radius 1 is 1.33 bits per heavy atom. The van der Waals surface area contributed by atoms with Crippen molar-refractivity contribution in [3.8, 4) is 0 Å². The predicted molar refractivity (Wildman–Crippen MR) is 49.3 cm³/mol. The van der Waals surface area contributed by atoms with Gasteiger partial charge in [-0.1, -0.05) is 0 Å². The molecule has 1 atom stereocenters. The van der Waals surface area contributed by atoms with E-state index in [0.29, 0.717) is 12.8 Å². The normalized spacial score (nSPS) is 24.7. The SMILES string of the molecule is CN1CCC[C@H](NC(=O)C(F)(F)F)CC1. The van der Waals surface area contributed by atoms with Crippen LogP contribution in [0.2, 0.25) is 0 Å². The molecule has 1 N–H and O–H groups in total. The van der Waals surface area contributed by atoms with E-state index in [1.54, 1.807) is 0 Å². The molecule has 0 aromatic heterocycles. The van der Waals surface area contributed by atoms with Gasteiger partial charge in [0.05, 0.1) is 0 Å². The van der Waals surface area contributed by atoms with Crippen LogP contribution in [-0.2, 0) is 4.79 Å². The number of alkyl halides is 3. The van der Waals surface area contributed by atoms with E-state index in [2.05, 4.69) is 4.90 Å². The molecular weight excluding hydrogens is 209 g/mol. The van der Waals surface area contributed by atoms with Crippen LogP contribution in [0.15, 0.2) is 0 Å². The molecule has 3 nitrogen and oxygen atoms in total. The number of hydrogen-bond donors (Lipinski definition) is 1. The Labute approximate surface area is 86.6 Å².